The molecule has 0 aliphatic rings. The van der Waals surface area contributed by atoms with E-state index in [4.69, 9.17) is 4.74 Å². The molecule has 1 unspecified atom stereocenters. The molecule has 0 saturated carbocycles. The van der Waals surface area contributed by atoms with Crippen molar-refractivity contribution in [2.24, 2.45) is 4.36 Å². The second-order valence-electron chi connectivity index (χ2n) is 10.6. The Morgan fingerprint density at radius 3 is 2.27 bits per heavy atom. The van der Waals surface area contributed by atoms with Crippen molar-refractivity contribution >= 4 is 56.6 Å². The summed E-state index contributed by atoms with van der Waals surface area (Å²) < 4.78 is 89.6. The number of halogens is 5. The predicted molar refractivity (Wildman–Crippen MR) is 180 cm³/mol. The summed E-state index contributed by atoms with van der Waals surface area (Å²) in [6.45, 7) is 3.45. The van der Waals surface area contributed by atoms with Crippen molar-refractivity contribution in [3.63, 3.8) is 0 Å². The third kappa shape index (κ3) is 10.6. The monoisotopic (exact) mass is 734 g/mol. The lowest BCUT2D eigenvalue weighted by Gasteiger charge is -2.15. The lowest BCUT2D eigenvalue weighted by atomic mass is 10.1. The van der Waals surface area contributed by atoms with Gasteiger partial charge in [-0.25, -0.2) is 27.6 Å². The molecule has 1 aromatic heterocycles. The molecule has 5 N–H and O–H groups in total. The summed E-state index contributed by atoms with van der Waals surface area (Å²) in [5.74, 6) is -2.02. The van der Waals surface area contributed by atoms with Crippen molar-refractivity contribution in [2.45, 2.75) is 24.9 Å². The number of rotatable bonds is 11. The third-order valence-electron chi connectivity index (χ3n) is 6.71. The van der Waals surface area contributed by atoms with Crippen LogP contribution in [0.3, 0.4) is 0 Å². The number of urea groups is 1. The number of carbonyl (C=O) groups is 3. The first kappa shape index (κ1) is 38.0. The van der Waals surface area contributed by atoms with Crippen molar-refractivity contribution < 1.29 is 45.3 Å². The highest BCUT2D eigenvalue weighted by Gasteiger charge is 2.31. The van der Waals surface area contributed by atoms with Gasteiger partial charge in [0.15, 0.2) is 0 Å². The molecule has 0 spiro atoms. The number of ether oxygens (including phenoxy) is 1. The van der Waals surface area contributed by atoms with Gasteiger partial charge in [-0.2, -0.15) is 18.2 Å². The van der Waals surface area contributed by atoms with Crippen LogP contribution < -0.4 is 26.6 Å². The Morgan fingerprint density at radius 2 is 1.63 bits per heavy atom. The van der Waals surface area contributed by atoms with Gasteiger partial charge in [0.1, 0.15) is 17.5 Å². The highest BCUT2D eigenvalue weighted by molar-refractivity contribution is 7.93. The average molecular weight is 735 g/mol. The van der Waals surface area contributed by atoms with Gasteiger partial charge >= 0.3 is 18.3 Å². The van der Waals surface area contributed by atoms with Gasteiger partial charge in [-0.3, -0.25) is 4.79 Å². The Morgan fingerprint density at radius 1 is 0.922 bits per heavy atom. The van der Waals surface area contributed by atoms with Crippen molar-refractivity contribution in [3.05, 3.63) is 84.1 Å². The molecule has 4 rings (SSSR count). The molecule has 0 radical (unpaired) electrons. The largest absolute Gasteiger partial charge is 0.448 e. The molecule has 1 atom stereocenters. The molecule has 19 heteroatoms. The first-order valence-corrected chi connectivity index (χ1v) is 16.8. The van der Waals surface area contributed by atoms with Crippen LogP contribution in [0.4, 0.5) is 60.4 Å². The molecule has 0 aliphatic heterocycles. The molecule has 1 heterocycles. The number of alkyl halides is 3. The first-order valence-electron chi connectivity index (χ1n) is 14.9. The predicted octanol–water partition coefficient (Wildman–Crippen LogP) is 6.99. The highest BCUT2D eigenvalue weighted by Crippen LogP contribution is 2.33. The molecule has 0 bridgehead atoms. The zero-order valence-electron chi connectivity index (χ0n) is 27.2. The van der Waals surface area contributed by atoms with E-state index in [9.17, 15) is 36.2 Å². The molecular weight excluding hydrogens is 703 g/mol. The number of aromatic nitrogens is 2. The summed E-state index contributed by atoms with van der Waals surface area (Å²) in [7, 11) is -3.08. The maximum absolute atomic E-state index is 15.2. The van der Waals surface area contributed by atoms with E-state index in [1.165, 1.54) is 43.6 Å². The third-order valence-corrected chi connectivity index (χ3v) is 8.36. The minimum Gasteiger partial charge on any atom is -0.448 e. The maximum atomic E-state index is 15.2. The molecular formula is C32H31F5N8O5S. The normalized spacial score (nSPS) is 12.2. The number of nitrogens with one attached hydrogen (secondary N) is 5. The summed E-state index contributed by atoms with van der Waals surface area (Å²) in [4.78, 5) is 44.5. The Kier molecular flexibility index (Phi) is 12.1. The van der Waals surface area contributed by atoms with E-state index in [0.29, 0.717) is 29.4 Å². The van der Waals surface area contributed by atoms with Gasteiger partial charge in [-0.05, 0) is 67.1 Å². The number of hydrogen-bond donors (Lipinski definition) is 5. The van der Waals surface area contributed by atoms with Crippen LogP contribution in [-0.4, -0.2) is 58.2 Å². The Labute approximate surface area is 288 Å². The van der Waals surface area contributed by atoms with Gasteiger partial charge < -0.3 is 31.3 Å². The molecule has 270 valence electrons. The van der Waals surface area contributed by atoms with E-state index in [-0.39, 0.29) is 53.5 Å². The Bertz CT molecular complexity index is 2050. The van der Waals surface area contributed by atoms with Crippen LogP contribution in [0, 0.1) is 11.6 Å². The van der Waals surface area contributed by atoms with E-state index in [2.05, 4.69) is 35.6 Å². The summed E-state index contributed by atoms with van der Waals surface area (Å²) in [5, 5.41) is 12.7. The van der Waals surface area contributed by atoms with Gasteiger partial charge in [0.2, 0.25) is 11.9 Å². The maximum Gasteiger partial charge on any atom is 0.442 e. The van der Waals surface area contributed by atoms with Crippen LogP contribution >= 0.6 is 0 Å². The summed E-state index contributed by atoms with van der Waals surface area (Å²) in [6, 6.07) is 10.1. The molecule has 0 saturated heterocycles. The van der Waals surface area contributed by atoms with Crippen molar-refractivity contribution in [2.75, 3.05) is 47.2 Å². The fourth-order valence-corrected chi connectivity index (χ4v) is 5.41. The van der Waals surface area contributed by atoms with Gasteiger partial charge in [-0.1, -0.05) is 6.07 Å². The zero-order valence-corrected chi connectivity index (χ0v) is 28.0. The zero-order chi connectivity index (χ0) is 37.3. The number of carbonyl (C=O) groups excluding carboxylic acids is 3. The molecule has 3 aromatic carbocycles. The van der Waals surface area contributed by atoms with Gasteiger partial charge in [0.25, 0.3) is 0 Å². The van der Waals surface area contributed by atoms with Gasteiger partial charge in [0, 0.05) is 48.6 Å². The van der Waals surface area contributed by atoms with E-state index in [1.54, 1.807) is 19.1 Å². The number of anilines is 5. The summed E-state index contributed by atoms with van der Waals surface area (Å²) >= 11 is 0. The molecule has 0 fully saturated rings. The lowest BCUT2D eigenvalue weighted by molar-refractivity contribution is -0.137. The van der Waals surface area contributed by atoms with E-state index in [1.807, 2.05) is 5.32 Å². The average Bonchev–Trinajstić information content (AvgIpc) is 3.05. The van der Waals surface area contributed by atoms with Crippen LogP contribution in [0.5, 0.6) is 0 Å². The first-order chi connectivity index (χ1) is 24.0. The molecule has 4 amide bonds. The second kappa shape index (κ2) is 16.2. The number of benzene rings is 3. The van der Waals surface area contributed by atoms with Crippen LogP contribution in [0.1, 0.15) is 19.4 Å². The fourth-order valence-electron chi connectivity index (χ4n) is 4.33. The summed E-state index contributed by atoms with van der Waals surface area (Å²) in [5.41, 5.74) is -1.27. The number of amides is 4. The topological polar surface area (TPSA) is 176 Å². The second-order valence-corrected chi connectivity index (χ2v) is 12.8. The Hall–Kier alpha value is -5.85. The standard InChI is InChI=1S/C32H31F5N8O5S/c1-4-50-31(48)45-51(3,49)22-9-7-21(8-10-22)41-29-40-17-23(28(44-29)39-14-13-38-18(2)46)19-5-12-26(25(34)15-19)42-30(47)43-27-16-20(32(35,36)37)6-11-24(27)33/h5-12,15-17H,4,13-14H2,1-3H3,(H,38,46)(H2,42,43,47)(H2,39,40,41,44). The van der Waals surface area contributed by atoms with Gasteiger partial charge in [0.05, 0.1) is 33.3 Å². The minimum atomic E-state index is -4.78. The number of nitrogens with zero attached hydrogens (tertiary/aromatic N) is 3. The van der Waals surface area contributed by atoms with Crippen LogP contribution in [-0.2, 0) is 25.4 Å². The van der Waals surface area contributed by atoms with Crippen molar-refractivity contribution in [1.29, 1.82) is 0 Å². The van der Waals surface area contributed by atoms with Crippen LogP contribution in [0.2, 0.25) is 0 Å². The SMILES string of the molecule is CCOC(=O)N=S(C)(=O)c1ccc(Nc2ncc(-c3ccc(NC(=O)Nc4cc(C(F)(F)F)ccc4F)c(F)c3)c(NCCNC(C)=O)n2)cc1. The molecule has 4 aromatic rings. The van der Waals surface area contributed by atoms with Crippen molar-refractivity contribution in [3.8, 4) is 11.1 Å². The van der Waals surface area contributed by atoms with E-state index < -0.39 is 50.9 Å². The smallest absolute Gasteiger partial charge is 0.442 e. The highest BCUT2D eigenvalue weighted by atomic mass is 32.2. The minimum absolute atomic E-state index is 0.0815. The van der Waals surface area contributed by atoms with E-state index >= 15 is 4.39 Å². The van der Waals surface area contributed by atoms with E-state index in [0.717, 1.165) is 6.07 Å². The quantitative estimate of drug-likeness (QED) is 0.0803. The molecule has 51 heavy (non-hydrogen) atoms. The summed E-state index contributed by atoms with van der Waals surface area (Å²) in [6.07, 6.45) is -3.04. The van der Waals surface area contributed by atoms with Crippen LogP contribution in [0.15, 0.2) is 76.1 Å². The fraction of sp³-hybridized carbons (Fsp3) is 0.219. The molecule has 0 aliphatic carbocycles. The molecule has 13 nitrogen and oxygen atoms in total. The van der Waals surface area contributed by atoms with Crippen LogP contribution in [0.25, 0.3) is 11.1 Å². The lowest BCUT2D eigenvalue weighted by Crippen LogP contribution is -2.26. The Balaban J connectivity index is 1.54. The van der Waals surface area contributed by atoms with Gasteiger partial charge in [-0.15, -0.1) is 4.36 Å². The van der Waals surface area contributed by atoms with Crippen molar-refractivity contribution in [1.82, 2.24) is 15.3 Å². The number of hydrogen-bond acceptors (Lipinski definition) is 9.